The number of hydrogen-bond acceptors (Lipinski definition) is 4. The Kier molecular flexibility index (Phi) is 22.8. The van der Waals surface area contributed by atoms with E-state index < -0.39 is 5.97 Å². The van der Waals surface area contributed by atoms with Crippen molar-refractivity contribution in [2.75, 3.05) is 6.61 Å². The molecule has 0 saturated heterocycles. The highest BCUT2D eigenvalue weighted by Gasteiger charge is 2.10. The second-order valence-corrected chi connectivity index (χ2v) is 9.63. The zero-order valence-electron chi connectivity index (χ0n) is 21.7. The summed E-state index contributed by atoms with van der Waals surface area (Å²) in [5.74, 6) is 0.160. The van der Waals surface area contributed by atoms with E-state index in [4.69, 9.17) is 9.84 Å². The van der Waals surface area contributed by atoms with Crippen molar-refractivity contribution < 1.29 is 24.2 Å². The number of ketones is 1. The van der Waals surface area contributed by atoms with Gasteiger partial charge in [0.15, 0.2) is 0 Å². The molecule has 194 valence electrons. The Morgan fingerprint density at radius 1 is 0.606 bits per heavy atom. The summed E-state index contributed by atoms with van der Waals surface area (Å²) in [6, 6.07) is 0. The van der Waals surface area contributed by atoms with Crippen LogP contribution in [0.1, 0.15) is 149 Å². The first-order valence-corrected chi connectivity index (χ1v) is 13.9. The van der Waals surface area contributed by atoms with Crippen LogP contribution in [0.25, 0.3) is 0 Å². The molecule has 0 unspecified atom stereocenters. The van der Waals surface area contributed by atoms with E-state index in [1.807, 2.05) is 0 Å². The molecule has 1 N–H and O–H groups in total. The predicted octanol–water partition coefficient (Wildman–Crippen LogP) is 8.03. The van der Waals surface area contributed by atoms with Crippen molar-refractivity contribution in [1.82, 2.24) is 0 Å². The van der Waals surface area contributed by atoms with Crippen LogP contribution < -0.4 is 0 Å². The molecule has 33 heavy (non-hydrogen) atoms. The lowest BCUT2D eigenvalue weighted by Crippen LogP contribution is -2.10. The number of carboxylic acid groups (broad SMARTS) is 1. The average molecular weight is 469 g/mol. The van der Waals surface area contributed by atoms with Gasteiger partial charge in [-0.1, -0.05) is 90.9 Å². The van der Waals surface area contributed by atoms with Crippen molar-refractivity contribution in [3.05, 3.63) is 0 Å². The fourth-order valence-electron chi connectivity index (χ4n) is 4.23. The Morgan fingerprint density at radius 3 is 1.64 bits per heavy atom. The van der Waals surface area contributed by atoms with Crippen molar-refractivity contribution in [2.24, 2.45) is 5.92 Å². The second kappa shape index (κ2) is 23.8. The van der Waals surface area contributed by atoms with Crippen molar-refractivity contribution in [3.63, 3.8) is 0 Å². The monoisotopic (exact) mass is 468 g/mol. The highest BCUT2D eigenvalue weighted by atomic mass is 16.5. The van der Waals surface area contributed by atoms with E-state index in [1.165, 1.54) is 51.4 Å². The van der Waals surface area contributed by atoms with E-state index in [1.54, 1.807) is 0 Å². The van der Waals surface area contributed by atoms with Gasteiger partial charge in [0.2, 0.25) is 0 Å². The first-order chi connectivity index (χ1) is 16.0. The molecule has 0 aromatic carbocycles. The van der Waals surface area contributed by atoms with Gasteiger partial charge < -0.3 is 9.84 Å². The molecule has 5 heteroatoms. The first-order valence-electron chi connectivity index (χ1n) is 13.9. The van der Waals surface area contributed by atoms with Crippen molar-refractivity contribution in [3.8, 4) is 0 Å². The molecular weight excluding hydrogens is 416 g/mol. The first kappa shape index (κ1) is 31.6. The zero-order chi connectivity index (χ0) is 24.6. The molecule has 0 saturated carbocycles. The van der Waals surface area contributed by atoms with Crippen LogP contribution in [0.5, 0.6) is 0 Å². The highest BCUT2D eigenvalue weighted by Crippen LogP contribution is 2.21. The van der Waals surface area contributed by atoms with Gasteiger partial charge in [-0.15, -0.1) is 0 Å². The normalized spacial score (nSPS) is 11.1. The summed E-state index contributed by atoms with van der Waals surface area (Å²) in [4.78, 5) is 34.3. The molecule has 0 aliphatic carbocycles. The third kappa shape index (κ3) is 23.6. The number of unbranched alkanes of at least 4 members (excludes halogenated alkanes) is 10. The van der Waals surface area contributed by atoms with Gasteiger partial charge in [-0.3, -0.25) is 14.4 Å². The number of carbonyl (C=O) groups excluding carboxylic acids is 2. The molecule has 5 nitrogen and oxygen atoms in total. The number of esters is 1. The van der Waals surface area contributed by atoms with Crippen molar-refractivity contribution in [1.29, 1.82) is 0 Å². The maximum Gasteiger partial charge on any atom is 0.305 e. The smallest absolute Gasteiger partial charge is 0.305 e. The summed E-state index contributed by atoms with van der Waals surface area (Å²) in [5, 5.41) is 8.59. The summed E-state index contributed by atoms with van der Waals surface area (Å²) in [5.41, 5.74) is 0. The molecule has 0 fully saturated rings. The van der Waals surface area contributed by atoms with Gasteiger partial charge in [-0.25, -0.2) is 0 Å². The number of Topliss-reactive ketones (excluding diaryl/α,β-unsaturated/α-hetero) is 1. The Bertz CT molecular complexity index is 479. The minimum Gasteiger partial charge on any atom is -0.481 e. The van der Waals surface area contributed by atoms with Crippen LogP contribution in [0, 0.1) is 5.92 Å². The number of carbonyl (C=O) groups is 3. The van der Waals surface area contributed by atoms with E-state index >= 15 is 0 Å². The molecule has 0 aliphatic rings. The molecule has 0 amide bonds. The lowest BCUT2D eigenvalue weighted by atomic mass is 9.92. The van der Waals surface area contributed by atoms with Crippen molar-refractivity contribution in [2.45, 2.75) is 149 Å². The minimum atomic E-state index is -0.765. The van der Waals surface area contributed by atoms with E-state index in [9.17, 15) is 14.4 Å². The van der Waals surface area contributed by atoms with Gasteiger partial charge in [0.25, 0.3) is 0 Å². The summed E-state index contributed by atoms with van der Waals surface area (Å²) in [6.45, 7) is 5.05. The summed E-state index contributed by atoms with van der Waals surface area (Å²) < 4.78 is 5.50. The number of hydrogen-bond donors (Lipinski definition) is 1. The lowest BCUT2D eigenvalue weighted by molar-refractivity contribution is -0.144. The van der Waals surface area contributed by atoms with Crippen molar-refractivity contribution >= 4 is 17.7 Å². The Hall–Kier alpha value is -1.39. The summed E-state index contributed by atoms with van der Waals surface area (Å²) in [6.07, 6.45) is 20.3. The molecule has 0 atom stereocenters. The molecule has 0 heterocycles. The van der Waals surface area contributed by atoms with Gasteiger partial charge in [0.1, 0.15) is 5.78 Å². The van der Waals surface area contributed by atoms with Crippen LogP contribution in [0.3, 0.4) is 0 Å². The van der Waals surface area contributed by atoms with E-state index in [-0.39, 0.29) is 18.2 Å². The molecule has 0 bridgehead atoms. The SMILES string of the molecule is CCCCCC(CCCCC)CCOC(=O)CCCCCCCC(=O)CCCCCC(=O)O. The number of rotatable bonds is 25. The Balaban J connectivity index is 3.64. The second-order valence-electron chi connectivity index (χ2n) is 9.63. The van der Waals surface area contributed by atoms with E-state index in [2.05, 4.69) is 13.8 Å². The molecule has 0 rings (SSSR count). The fourth-order valence-corrected chi connectivity index (χ4v) is 4.23. The fraction of sp³-hybridized carbons (Fsp3) is 0.893. The van der Waals surface area contributed by atoms with Gasteiger partial charge in [-0.05, 0) is 38.0 Å². The molecular formula is C28H52O5. The van der Waals surface area contributed by atoms with Gasteiger partial charge in [0, 0.05) is 25.7 Å². The van der Waals surface area contributed by atoms with Crippen LogP contribution in [-0.4, -0.2) is 29.4 Å². The van der Waals surface area contributed by atoms with Crippen LogP contribution in [0.2, 0.25) is 0 Å². The quantitative estimate of drug-likeness (QED) is 0.108. The molecule has 0 aromatic rings. The largest absolute Gasteiger partial charge is 0.481 e. The molecule has 0 aromatic heterocycles. The summed E-state index contributed by atoms with van der Waals surface area (Å²) >= 11 is 0. The van der Waals surface area contributed by atoms with E-state index in [0.29, 0.717) is 38.2 Å². The third-order valence-electron chi connectivity index (χ3n) is 6.40. The van der Waals surface area contributed by atoms with Gasteiger partial charge >= 0.3 is 11.9 Å². The Labute approximate surface area is 203 Å². The maximum atomic E-state index is 12.0. The lowest BCUT2D eigenvalue weighted by Gasteiger charge is -2.16. The number of aliphatic carboxylic acids is 1. The van der Waals surface area contributed by atoms with E-state index in [0.717, 1.165) is 51.4 Å². The molecule has 0 aliphatic heterocycles. The average Bonchev–Trinajstić information content (AvgIpc) is 2.78. The zero-order valence-corrected chi connectivity index (χ0v) is 21.7. The minimum absolute atomic E-state index is 0.0612. The Morgan fingerprint density at radius 2 is 1.09 bits per heavy atom. The summed E-state index contributed by atoms with van der Waals surface area (Å²) in [7, 11) is 0. The number of ether oxygens (including phenoxy) is 1. The van der Waals surface area contributed by atoms with Crippen LogP contribution in [-0.2, 0) is 19.1 Å². The standard InChI is InChI=1S/C28H52O5/c1-3-5-11-17-25(18-12-6-4-2)23-24-33-28(32)22-16-9-7-8-13-19-26(29)20-14-10-15-21-27(30)31/h25H,3-24H2,1-2H3,(H,30,31). The topological polar surface area (TPSA) is 80.7 Å². The van der Waals surface area contributed by atoms with Gasteiger partial charge in [-0.2, -0.15) is 0 Å². The predicted molar refractivity (Wildman–Crippen MR) is 135 cm³/mol. The molecule has 0 spiro atoms. The highest BCUT2D eigenvalue weighted by molar-refractivity contribution is 5.78. The molecule has 0 radical (unpaired) electrons. The van der Waals surface area contributed by atoms with Crippen LogP contribution in [0.4, 0.5) is 0 Å². The number of carboxylic acids is 1. The van der Waals surface area contributed by atoms with Gasteiger partial charge in [0.05, 0.1) is 6.61 Å². The third-order valence-corrected chi connectivity index (χ3v) is 6.40. The van der Waals surface area contributed by atoms with Crippen LogP contribution in [0.15, 0.2) is 0 Å². The maximum absolute atomic E-state index is 12.0. The van der Waals surface area contributed by atoms with Crippen LogP contribution >= 0.6 is 0 Å².